The van der Waals surface area contributed by atoms with E-state index in [9.17, 15) is 15.2 Å². The molecular weight excluding hydrogens is 322 g/mol. The Morgan fingerprint density at radius 1 is 1.24 bits per heavy atom. The Balaban J connectivity index is 1.51. The average Bonchev–Trinajstić information content (AvgIpc) is 3.03. The minimum Gasteiger partial charge on any atom is -0.390 e. The molecule has 0 amide bonds. The lowest BCUT2D eigenvalue weighted by atomic mass is 9.51. The van der Waals surface area contributed by atoms with Crippen LogP contribution in [-0.2, 0) is 5.54 Å². The molecule has 25 heavy (non-hydrogen) atoms. The third-order valence-electron chi connectivity index (χ3n) is 6.15. The van der Waals surface area contributed by atoms with Gasteiger partial charge in [-0.25, -0.2) is 0 Å². The zero-order valence-electron chi connectivity index (χ0n) is 13.7. The first-order chi connectivity index (χ1) is 11.9. The first-order valence-electron chi connectivity index (χ1n) is 8.73. The molecule has 1 aromatic carbocycles. The highest BCUT2D eigenvalue weighted by atomic mass is 16.6. The van der Waals surface area contributed by atoms with Crippen LogP contribution in [0.3, 0.4) is 0 Å². The van der Waals surface area contributed by atoms with Gasteiger partial charge in [-0.05, 0) is 49.2 Å². The molecule has 8 heteroatoms. The fourth-order valence-electron chi connectivity index (χ4n) is 5.69. The van der Waals surface area contributed by atoms with E-state index >= 15 is 0 Å². The summed E-state index contributed by atoms with van der Waals surface area (Å²) in [6.45, 7) is 0. The van der Waals surface area contributed by atoms with Crippen molar-refractivity contribution in [3.8, 4) is 11.4 Å². The van der Waals surface area contributed by atoms with E-state index in [1.54, 1.807) is 16.9 Å². The summed E-state index contributed by atoms with van der Waals surface area (Å²) < 4.78 is 0. The molecule has 6 rings (SSSR count). The molecule has 1 aromatic heterocycles. The Hall–Kier alpha value is -2.35. The molecule has 0 radical (unpaired) electrons. The zero-order valence-corrected chi connectivity index (χ0v) is 13.7. The summed E-state index contributed by atoms with van der Waals surface area (Å²) in [7, 11) is 0. The minimum absolute atomic E-state index is 0.0120. The lowest BCUT2D eigenvalue weighted by Crippen LogP contribution is -2.60. The van der Waals surface area contributed by atoms with Crippen LogP contribution in [0.25, 0.3) is 11.4 Å². The molecule has 130 valence electrons. The molecule has 4 aliphatic rings. The molecule has 2 unspecified atom stereocenters. The minimum atomic E-state index is -0.594. The van der Waals surface area contributed by atoms with Crippen LogP contribution in [0.4, 0.5) is 5.69 Å². The number of tetrazole rings is 1. The van der Waals surface area contributed by atoms with Gasteiger partial charge >= 0.3 is 0 Å². The van der Waals surface area contributed by atoms with Crippen molar-refractivity contribution >= 4 is 5.69 Å². The summed E-state index contributed by atoms with van der Waals surface area (Å²) in [5, 5.41) is 34.8. The predicted octanol–water partition coefficient (Wildman–Crippen LogP) is 2.29. The maximum absolute atomic E-state index is 11.0. The number of hydrogen-bond donors (Lipinski definition) is 1. The zero-order chi connectivity index (χ0) is 17.2. The molecule has 2 atom stereocenters. The summed E-state index contributed by atoms with van der Waals surface area (Å²) in [5.74, 6) is 1.45. The van der Waals surface area contributed by atoms with Gasteiger partial charge < -0.3 is 5.11 Å². The molecule has 1 heterocycles. The largest absolute Gasteiger partial charge is 0.390 e. The monoisotopic (exact) mass is 341 g/mol. The molecule has 4 fully saturated rings. The van der Waals surface area contributed by atoms with Crippen LogP contribution in [0.2, 0.25) is 0 Å². The van der Waals surface area contributed by atoms with Crippen molar-refractivity contribution in [2.45, 2.75) is 49.7 Å². The summed E-state index contributed by atoms with van der Waals surface area (Å²) in [4.78, 5) is 12.2. The summed E-state index contributed by atoms with van der Waals surface area (Å²) in [5.41, 5.74) is -0.254. The van der Waals surface area contributed by atoms with Gasteiger partial charge in [0.05, 0.1) is 16.1 Å². The Bertz CT molecular complexity index is 849. The van der Waals surface area contributed by atoms with Crippen LogP contribution in [0, 0.1) is 22.0 Å². The lowest BCUT2D eigenvalue weighted by molar-refractivity contribution is -0.384. The first kappa shape index (κ1) is 14.9. The van der Waals surface area contributed by atoms with Crippen molar-refractivity contribution in [3.05, 3.63) is 34.4 Å². The van der Waals surface area contributed by atoms with E-state index in [4.69, 9.17) is 0 Å². The summed E-state index contributed by atoms with van der Waals surface area (Å²) >= 11 is 0. The van der Waals surface area contributed by atoms with Crippen molar-refractivity contribution in [1.29, 1.82) is 0 Å². The predicted molar refractivity (Wildman–Crippen MR) is 87.5 cm³/mol. The molecular formula is C17H19N5O3. The van der Waals surface area contributed by atoms with Crippen molar-refractivity contribution < 1.29 is 10.0 Å². The second kappa shape index (κ2) is 4.85. The van der Waals surface area contributed by atoms with Gasteiger partial charge in [-0.2, -0.15) is 4.80 Å². The van der Waals surface area contributed by atoms with E-state index in [1.165, 1.54) is 18.6 Å². The number of nitro benzene ring substituents is 1. The molecule has 1 N–H and O–H groups in total. The van der Waals surface area contributed by atoms with Crippen LogP contribution in [0.5, 0.6) is 0 Å². The molecule has 0 aliphatic heterocycles. The summed E-state index contributed by atoms with van der Waals surface area (Å²) in [6.07, 6.45) is 5.61. The third kappa shape index (κ3) is 2.27. The number of hydrogen-bond acceptors (Lipinski definition) is 6. The van der Waals surface area contributed by atoms with Crippen molar-refractivity contribution in [2.24, 2.45) is 11.8 Å². The van der Waals surface area contributed by atoms with Gasteiger partial charge in [0.1, 0.15) is 0 Å². The van der Waals surface area contributed by atoms with Crippen LogP contribution in [-0.4, -0.2) is 35.8 Å². The molecule has 8 nitrogen and oxygen atoms in total. The maximum Gasteiger partial charge on any atom is 0.270 e. The topological polar surface area (TPSA) is 107 Å². The standard InChI is InChI=1S/C17H19N5O3/c23-17-8-11-4-12(9-17)7-16(6-11,10-17)22-19-15(18-20-22)13-2-1-3-14(5-13)21(24)25/h1-3,5,11-12,23H,4,6-10H2. The number of aromatic nitrogens is 4. The third-order valence-corrected chi connectivity index (χ3v) is 6.15. The highest BCUT2D eigenvalue weighted by Crippen LogP contribution is 2.60. The molecule has 0 spiro atoms. The second-order valence-corrected chi connectivity index (χ2v) is 8.12. The van der Waals surface area contributed by atoms with Gasteiger partial charge in [0.15, 0.2) is 0 Å². The number of nitrogens with zero attached hydrogens (tertiary/aromatic N) is 5. The Morgan fingerprint density at radius 3 is 2.68 bits per heavy atom. The quantitative estimate of drug-likeness (QED) is 0.678. The van der Waals surface area contributed by atoms with Crippen molar-refractivity contribution in [3.63, 3.8) is 0 Å². The number of nitro groups is 1. The Morgan fingerprint density at radius 2 is 2.00 bits per heavy atom. The Labute approximate surface area is 144 Å². The van der Waals surface area contributed by atoms with E-state index in [1.807, 2.05) is 0 Å². The summed E-state index contributed by atoms with van der Waals surface area (Å²) in [6, 6.07) is 6.29. The second-order valence-electron chi connectivity index (χ2n) is 8.12. The van der Waals surface area contributed by atoms with E-state index in [0.717, 1.165) is 25.7 Å². The number of aliphatic hydroxyl groups is 1. The van der Waals surface area contributed by atoms with E-state index in [2.05, 4.69) is 15.4 Å². The Kier molecular flexibility index (Phi) is 2.90. The van der Waals surface area contributed by atoms with Gasteiger partial charge in [0.2, 0.25) is 5.82 Å². The van der Waals surface area contributed by atoms with Crippen LogP contribution in [0.15, 0.2) is 24.3 Å². The lowest BCUT2D eigenvalue weighted by Gasteiger charge is -2.59. The van der Waals surface area contributed by atoms with E-state index in [-0.39, 0.29) is 11.2 Å². The number of rotatable bonds is 3. The van der Waals surface area contributed by atoms with Gasteiger partial charge in [0, 0.05) is 24.1 Å². The first-order valence-corrected chi connectivity index (χ1v) is 8.73. The average molecular weight is 341 g/mol. The fourth-order valence-corrected chi connectivity index (χ4v) is 5.69. The highest BCUT2D eigenvalue weighted by molar-refractivity contribution is 5.58. The van der Waals surface area contributed by atoms with Gasteiger partial charge in [-0.15, -0.1) is 10.2 Å². The molecule has 4 saturated carbocycles. The maximum atomic E-state index is 11.0. The van der Waals surface area contributed by atoms with E-state index < -0.39 is 10.5 Å². The SMILES string of the molecule is O=[N+]([O-])c1cccc(-c2nnn(C34CC5CC(CC(O)(C5)C3)C4)n2)c1. The van der Waals surface area contributed by atoms with E-state index in [0.29, 0.717) is 29.6 Å². The fraction of sp³-hybridized carbons (Fsp3) is 0.588. The molecule has 4 bridgehead atoms. The van der Waals surface area contributed by atoms with Crippen LogP contribution < -0.4 is 0 Å². The molecule has 4 aliphatic carbocycles. The number of non-ortho nitro benzene ring substituents is 1. The smallest absolute Gasteiger partial charge is 0.270 e. The van der Waals surface area contributed by atoms with Crippen molar-refractivity contribution in [2.75, 3.05) is 0 Å². The van der Waals surface area contributed by atoms with Crippen molar-refractivity contribution in [1.82, 2.24) is 20.2 Å². The number of benzene rings is 1. The highest BCUT2D eigenvalue weighted by Gasteiger charge is 2.59. The molecule has 0 saturated heterocycles. The van der Waals surface area contributed by atoms with Gasteiger partial charge in [0.25, 0.3) is 5.69 Å². The van der Waals surface area contributed by atoms with Gasteiger partial charge in [-0.1, -0.05) is 12.1 Å². The van der Waals surface area contributed by atoms with Gasteiger partial charge in [-0.3, -0.25) is 10.1 Å². The van der Waals surface area contributed by atoms with Crippen LogP contribution >= 0.6 is 0 Å². The normalized spacial score (nSPS) is 35.9. The molecule has 2 aromatic rings. The van der Waals surface area contributed by atoms with Crippen LogP contribution in [0.1, 0.15) is 38.5 Å².